The van der Waals surface area contributed by atoms with Gasteiger partial charge in [0.05, 0.1) is 11.8 Å². The van der Waals surface area contributed by atoms with E-state index in [4.69, 9.17) is 9.47 Å². The maximum Gasteiger partial charge on any atom is 0.255 e. The molecular formula is C17H16F2N2O3. The minimum Gasteiger partial charge on any atom is -0.489 e. The summed E-state index contributed by atoms with van der Waals surface area (Å²) in [6, 6.07) is 6.20. The topological polar surface area (TPSA) is 60.5 Å². The molecule has 3 rings (SSSR count). The smallest absolute Gasteiger partial charge is 0.255 e. The summed E-state index contributed by atoms with van der Waals surface area (Å²) in [7, 11) is 0. The fraction of sp³-hybridized carbons (Fsp3) is 0.294. The lowest BCUT2D eigenvalue weighted by atomic mass is 10.2. The molecule has 1 aromatic carbocycles. The Kier molecular flexibility index (Phi) is 5.00. The molecule has 126 valence electrons. The first kappa shape index (κ1) is 16.3. The third-order valence-electron chi connectivity index (χ3n) is 3.63. The molecule has 1 fully saturated rings. The minimum atomic E-state index is -0.767. The van der Waals surface area contributed by atoms with Crippen LogP contribution in [0.4, 0.5) is 14.5 Å². The van der Waals surface area contributed by atoms with E-state index in [2.05, 4.69) is 10.3 Å². The number of amides is 1. The molecule has 1 aliphatic rings. The van der Waals surface area contributed by atoms with Crippen molar-refractivity contribution >= 4 is 11.6 Å². The van der Waals surface area contributed by atoms with E-state index in [9.17, 15) is 13.6 Å². The van der Waals surface area contributed by atoms with Crippen molar-refractivity contribution in [3.63, 3.8) is 0 Å². The highest BCUT2D eigenvalue weighted by Crippen LogP contribution is 2.27. The summed E-state index contributed by atoms with van der Waals surface area (Å²) in [5.74, 6) is -1.54. The quantitative estimate of drug-likeness (QED) is 0.853. The lowest BCUT2D eigenvalue weighted by Crippen LogP contribution is -2.18. The van der Waals surface area contributed by atoms with Crippen LogP contribution in [0.3, 0.4) is 0 Å². The average Bonchev–Trinajstić information content (AvgIpc) is 3.07. The highest BCUT2D eigenvalue weighted by molar-refractivity contribution is 6.04. The molecule has 2 heterocycles. The largest absolute Gasteiger partial charge is 0.489 e. The summed E-state index contributed by atoms with van der Waals surface area (Å²) >= 11 is 0. The third kappa shape index (κ3) is 4.05. The Morgan fingerprint density at radius 3 is 2.96 bits per heavy atom. The van der Waals surface area contributed by atoms with Gasteiger partial charge in [-0.15, -0.1) is 0 Å². The number of carbonyl (C=O) groups excluding carboxylic acids is 1. The molecule has 0 aliphatic carbocycles. The zero-order chi connectivity index (χ0) is 16.9. The van der Waals surface area contributed by atoms with Gasteiger partial charge in [0.15, 0.2) is 0 Å². The van der Waals surface area contributed by atoms with Crippen molar-refractivity contribution in [3.8, 4) is 5.75 Å². The van der Waals surface area contributed by atoms with Gasteiger partial charge in [0.25, 0.3) is 5.91 Å². The van der Waals surface area contributed by atoms with Crippen molar-refractivity contribution < 1.29 is 23.0 Å². The minimum absolute atomic E-state index is 0.00658. The molecule has 24 heavy (non-hydrogen) atoms. The van der Waals surface area contributed by atoms with E-state index in [0.717, 1.165) is 25.0 Å². The molecule has 0 saturated carbocycles. The number of hydrogen-bond donors (Lipinski definition) is 1. The van der Waals surface area contributed by atoms with Crippen LogP contribution in [-0.2, 0) is 4.74 Å². The Bertz CT molecular complexity index is 734. The van der Waals surface area contributed by atoms with Gasteiger partial charge in [-0.2, -0.15) is 4.39 Å². The number of halogens is 2. The fourth-order valence-corrected chi connectivity index (χ4v) is 2.42. The van der Waals surface area contributed by atoms with Crippen LogP contribution in [0.2, 0.25) is 0 Å². The highest BCUT2D eigenvalue weighted by atomic mass is 19.1. The molecule has 7 heteroatoms. The second kappa shape index (κ2) is 7.35. The third-order valence-corrected chi connectivity index (χ3v) is 3.63. The molecule has 1 amide bonds. The Hall–Kier alpha value is -2.54. The molecule has 0 bridgehead atoms. The molecule has 1 atom stereocenters. The van der Waals surface area contributed by atoms with E-state index in [1.807, 2.05) is 0 Å². The molecule has 1 aromatic heterocycles. The molecule has 1 saturated heterocycles. The van der Waals surface area contributed by atoms with Crippen molar-refractivity contribution in [2.24, 2.45) is 0 Å². The van der Waals surface area contributed by atoms with Crippen LogP contribution >= 0.6 is 0 Å². The standard InChI is InChI=1S/C17H16F2N2O3/c18-12-3-4-15(24-10-13-2-1-7-23-13)14(9-12)21-17(22)11-5-6-20-16(19)8-11/h3-6,8-9,13H,1-2,7,10H2,(H,21,22)/t13-/m1/s1. The lowest BCUT2D eigenvalue weighted by Gasteiger charge is -2.15. The van der Waals surface area contributed by atoms with Crippen LogP contribution < -0.4 is 10.1 Å². The van der Waals surface area contributed by atoms with Crippen molar-refractivity contribution in [2.75, 3.05) is 18.5 Å². The second-order valence-electron chi connectivity index (χ2n) is 5.41. The Morgan fingerprint density at radius 1 is 1.33 bits per heavy atom. The van der Waals surface area contributed by atoms with Gasteiger partial charge in [0.1, 0.15) is 18.2 Å². The number of aromatic nitrogens is 1. The molecular weight excluding hydrogens is 318 g/mol. The number of anilines is 1. The van der Waals surface area contributed by atoms with Crippen LogP contribution in [0, 0.1) is 11.8 Å². The van der Waals surface area contributed by atoms with E-state index < -0.39 is 17.7 Å². The van der Waals surface area contributed by atoms with Crippen LogP contribution in [0.1, 0.15) is 23.2 Å². The summed E-state index contributed by atoms with van der Waals surface area (Å²) in [5, 5.41) is 2.53. The lowest BCUT2D eigenvalue weighted by molar-refractivity contribution is 0.0681. The van der Waals surface area contributed by atoms with Gasteiger partial charge in [0, 0.05) is 30.5 Å². The van der Waals surface area contributed by atoms with Gasteiger partial charge in [-0.25, -0.2) is 9.37 Å². The van der Waals surface area contributed by atoms with Crippen LogP contribution in [0.5, 0.6) is 5.75 Å². The Balaban J connectivity index is 1.73. The van der Waals surface area contributed by atoms with Crippen molar-refractivity contribution in [2.45, 2.75) is 18.9 Å². The molecule has 0 radical (unpaired) electrons. The second-order valence-corrected chi connectivity index (χ2v) is 5.41. The molecule has 0 spiro atoms. The van der Waals surface area contributed by atoms with E-state index in [1.165, 1.54) is 24.4 Å². The van der Waals surface area contributed by atoms with Crippen LogP contribution in [0.15, 0.2) is 36.5 Å². The number of nitrogens with one attached hydrogen (secondary N) is 1. The number of benzene rings is 1. The number of hydrogen-bond acceptors (Lipinski definition) is 4. The summed E-state index contributed by atoms with van der Waals surface area (Å²) in [5.41, 5.74) is 0.257. The number of carbonyl (C=O) groups is 1. The van der Waals surface area contributed by atoms with E-state index in [1.54, 1.807) is 0 Å². The first-order valence-corrected chi connectivity index (χ1v) is 7.58. The van der Waals surface area contributed by atoms with Crippen LogP contribution in [0.25, 0.3) is 0 Å². The number of pyridine rings is 1. The predicted octanol–water partition coefficient (Wildman–Crippen LogP) is 3.17. The Labute approximate surface area is 137 Å². The van der Waals surface area contributed by atoms with Gasteiger partial charge >= 0.3 is 0 Å². The first-order chi connectivity index (χ1) is 11.6. The predicted molar refractivity (Wildman–Crippen MR) is 83.0 cm³/mol. The van der Waals surface area contributed by atoms with Gasteiger partial charge in [0.2, 0.25) is 5.95 Å². The average molecular weight is 334 g/mol. The SMILES string of the molecule is O=C(Nc1cc(F)ccc1OC[C@H]1CCCO1)c1ccnc(F)c1. The van der Waals surface area contributed by atoms with Gasteiger partial charge in [-0.3, -0.25) is 4.79 Å². The van der Waals surface area contributed by atoms with E-state index in [-0.39, 0.29) is 17.4 Å². The van der Waals surface area contributed by atoms with Gasteiger partial charge in [-0.05, 0) is 31.0 Å². The van der Waals surface area contributed by atoms with Crippen molar-refractivity contribution in [1.29, 1.82) is 0 Å². The fourth-order valence-electron chi connectivity index (χ4n) is 2.42. The zero-order valence-corrected chi connectivity index (χ0v) is 12.8. The highest BCUT2D eigenvalue weighted by Gasteiger charge is 2.18. The maximum atomic E-state index is 13.5. The normalized spacial score (nSPS) is 16.8. The van der Waals surface area contributed by atoms with Gasteiger partial charge < -0.3 is 14.8 Å². The van der Waals surface area contributed by atoms with E-state index in [0.29, 0.717) is 19.0 Å². The molecule has 0 unspecified atom stereocenters. The summed E-state index contributed by atoms with van der Waals surface area (Å²) in [6.45, 7) is 1.02. The summed E-state index contributed by atoms with van der Waals surface area (Å²) in [4.78, 5) is 15.6. The first-order valence-electron chi connectivity index (χ1n) is 7.58. The molecule has 2 aromatic rings. The Morgan fingerprint density at radius 2 is 2.21 bits per heavy atom. The van der Waals surface area contributed by atoms with Crippen molar-refractivity contribution in [1.82, 2.24) is 4.98 Å². The molecule has 1 N–H and O–H groups in total. The summed E-state index contributed by atoms with van der Waals surface area (Å²) < 4.78 is 37.7. The van der Waals surface area contributed by atoms with E-state index >= 15 is 0 Å². The summed E-state index contributed by atoms with van der Waals surface area (Å²) in [6.07, 6.45) is 3.06. The molecule has 5 nitrogen and oxygen atoms in total. The monoisotopic (exact) mass is 334 g/mol. The maximum absolute atomic E-state index is 13.5. The van der Waals surface area contributed by atoms with Gasteiger partial charge in [-0.1, -0.05) is 0 Å². The molecule has 1 aliphatic heterocycles. The number of rotatable bonds is 5. The van der Waals surface area contributed by atoms with Crippen LogP contribution in [-0.4, -0.2) is 30.2 Å². The zero-order valence-electron chi connectivity index (χ0n) is 12.8. The van der Waals surface area contributed by atoms with Crippen molar-refractivity contribution in [3.05, 3.63) is 53.9 Å². The number of nitrogens with zero attached hydrogens (tertiary/aromatic N) is 1. The number of ether oxygens (including phenoxy) is 2.